The van der Waals surface area contributed by atoms with Gasteiger partial charge in [0.2, 0.25) is 0 Å². The molecule has 1 aromatic heterocycles. The predicted octanol–water partition coefficient (Wildman–Crippen LogP) is 3.12. The maximum Gasteiger partial charge on any atom is 0.261 e. The van der Waals surface area contributed by atoms with Crippen molar-refractivity contribution in [2.75, 3.05) is 12.4 Å². The number of nitrogens with one attached hydrogen (secondary N) is 1. The minimum Gasteiger partial charge on any atom is -0.339 e. The van der Waals surface area contributed by atoms with Gasteiger partial charge in [-0.3, -0.25) is 14.5 Å². The summed E-state index contributed by atoms with van der Waals surface area (Å²) in [6.45, 7) is 1.96. The molecule has 0 saturated heterocycles. The third-order valence-electron chi connectivity index (χ3n) is 3.33. The molecule has 2 aromatic rings. The Morgan fingerprint density at radius 1 is 1.14 bits per heavy atom. The van der Waals surface area contributed by atoms with E-state index in [1.165, 1.54) is 7.05 Å². The number of fused-ring (bicyclic) bond motifs is 1. The molecule has 0 spiro atoms. The first kappa shape index (κ1) is 13.8. The van der Waals surface area contributed by atoms with Crippen molar-refractivity contribution in [3.8, 4) is 0 Å². The Labute approximate surface area is 130 Å². The number of benzene rings is 1. The number of halogens is 1. The third kappa shape index (κ3) is 2.31. The predicted molar refractivity (Wildman–Crippen MR) is 82.8 cm³/mol. The molecule has 5 nitrogen and oxygen atoms in total. The van der Waals surface area contributed by atoms with E-state index in [0.29, 0.717) is 22.6 Å². The van der Waals surface area contributed by atoms with Gasteiger partial charge in [0.25, 0.3) is 11.8 Å². The van der Waals surface area contributed by atoms with Crippen molar-refractivity contribution < 1.29 is 9.59 Å². The SMILES string of the molecule is Cc1cnc(Nc2ccc3c(c2)C(=O)N(C)C3=O)c(Br)c1. The molecule has 3 rings (SSSR count). The molecule has 6 heteroatoms. The van der Waals surface area contributed by atoms with Crippen LogP contribution >= 0.6 is 15.9 Å². The summed E-state index contributed by atoms with van der Waals surface area (Å²) < 4.78 is 0.836. The first-order valence-electron chi connectivity index (χ1n) is 6.33. The average molecular weight is 346 g/mol. The quantitative estimate of drug-likeness (QED) is 0.849. The standard InChI is InChI=1S/C15H12BrN3O2/c1-8-5-12(16)13(17-7-8)18-9-3-4-10-11(6-9)15(21)19(2)14(10)20/h3-7H,1-2H3,(H,17,18). The number of amides is 2. The number of rotatable bonds is 2. The van der Waals surface area contributed by atoms with E-state index in [4.69, 9.17) is 0 Å². The van der Waals surface area contributed by atoms with Crippen LogP contribution in [0.4, 0.5) is 11.5 Å². The Morgan fingerprint density at radius 3 is 2.57 bits per heavy atom. The molecule has 0 unspecified atom stereocenters. The van der Waals surface area contributed by atoms with Gasteiger partial charge in [0.05, 0.1) is 15.6 Å². The lowest BCUT2D eigenvalue weighted by molar-refractivity contribution is 0.0693. The van der Waals surface area contributed by atoms with E-state index in [9.17, 15) is 9.59 Å². The van der Waals surface area contributed by atoms with Crippen molar-refractivity contribution in [1.82, 2.24) is 9.88 Å². The fraction of sp³-hybridized carbons (Fsp3) is 0.133. The van der Waals surface area contributed by atoms with Crippen LogP contribution in [0.3, 0.4) is 0 Å². The molecule has 0 fully saturated rings. The van der Waals surface area contributed by atoms with Crippen LogP contribution in [-0.4, -0.2) is 28.7 Å². The first-order valence-corrected chi connectivity index (χ1v) is 7.12. The van der Waals surface area contributed by atoms with E-state index >= 15 is 0 Å². The molecule has 1 aliphatic rings. The highest BCUT2D eigenvalue weighted by Crippen LogP contribution is 2.28. The second kappa shape index (κ2) is 4.96. The highest BCUT2D eigenvalue weighted by atomic mass is 79.9. The van der Waals surface area contributed by atoms with Gasteiger partial charge in [-0.2, -0.15) is 0 Å². The van der Waals surface area contributed by atoms with Crippen LogP contribution in [0.2, 0.25) is 0 Å². The van der Waals surface area contributed by atoms with E-state index < -0.39 is 0 Å². The fourth-order valence-corrected chi connectivity index (χ4v) is 2.76. The van der Waals surface area contributed by atoms with Crippen molar-refractivity contribution in [3.05, 3.63) is 51.6 Å². The Kier molecular flexibility index (Phi) is 3.25. The van der Waals surface area contributed by atoms with Gasteiger partial charge >= 0.3 is 0 Å². The monoisotopic (exact) mass is 345 g/mol. The van der Waals surface area contributed by atoms with Crippen LogP contribution in [0.5, 0.6) is 0 Å². The molecule has 0 saturated carbocycles. The summed E-state index contributed by atoms with van der Waals surface area (Å²) in [7, 11) is 1.48. The van der Waals surface area contributed by atoms with E-state index in [2.05, 4.69) is 26.2 Å². The molecule has 2 heterocycles. The number of nitrogens with zero attached hydrogens (tertiary/aromatic N) is 2. The van der Waals surface area contributed by atoms with Crippen molar-refractivity contribution in [3.63, 3.8) is 0 Å². The highest BCUT2D eigenvalue weighted by Gasteiger charge is 2.32. The van der Waals surface area contributed by atoms with Crippen molar-refractivity contribution in [1.29, 1.82) is 0 Å². The summed E-state index contributed by atoms with van der Waals surface area (Å²) in [4.78, 5) is 29.2. The molecule has 0 bridgehead atoms. The second-order valence-electron chi connectivity index (χ2n) is 4.90. The second-order valence-corrected chi connectivity index (χ2v) is 5.75. The molecule has 1 aliphatic heterocycles. The number of aromatic nitrogens is 1. The van der Waals surface area contributed by atoms with Gasteiger partial charge in [-0.1, -0.05) is 0 Å². The maximum atomic E-state index is 12.0. The van der Waals surface area contributed by atoms with Crippen LogP contribution in [0, 0.1) is 6.92 Å². The van der Waals surface area contributed by atoms with Crippen LogP contribution in [0.25, 0.3) is 0 Å². The van der Waals surface area contributed by atoms with Crippen LogP contribution < -0.4 is 5.32 Å². The van der Waals surface area contributed by atoms with E-state index in [1.807, 2.05) is 13.0 Å². The Morgan fingerprint density at radius 2 is 1.86 bits per heavy atom. The van der Waals surface area contributed by atoms with Crippen LogP contribution in [0.15, 0.2) is 34.9 Å². The molecule has 1 aromatic carbocycles. The van der Waals surface area contributed by atoms with Crippen molar-refractivity contribution in [2.24, 2.45) is 0 Å². The summed E-state index contributed by atoms with van der Waals surface area (Å²) in [5.74, 6) is 0.108. The van der Waals surface area contributed by atoms with Gasteiger partial charge in [0.1, 0.15) is 5.82 Å². The number of anilines is 2. The molecule has 0 aliphatic carbocycles. The molecule has 2 amide bonds. The van der Waals surface area contributed by atoms with Gasteiger partial charge < -0.3 is 5.32 Å². The zero-order valence-corrected chi connectivity index (χ0v) is 13.1. The zero-order valence-electron chi connectivity index (χ0n) is 11.5. The van der Waals surface area contributed by atoms with E-state index in [-0.39, 0.29) is 11.8 Å². The van der Waals surface area contributed by atoms with E-state index in [0.717, 1.165) is 14.9 Å². The Hall–Kier alpha value is -2.21. The van der Waals surface area contributed by atoms with Crippen molar-refractivity contribution >= 4 is 39.2 Å². The maximum absolute atomic E-state index is 12.0. The number of imide groups is 1. The lowest BCUT2D eigenvalue weighted by atomic mass is 10.1. The smallest absolute Gasteiger partial charge is 0.261 e. The van der Waals surface area contributed by atoms with Gasteiger partial charge in [0.15, 0.2) is 0 Å². The average Bonchev–Trinajstić information content (AvgIpc) is 2.67. The number of hydrogen-bond acceptors (Lipinski definition) is 4. The summed E-state index contributed by atoms with van der Waals surface area (Å²) in [6, 6.07) is 7.04. The molecular weight excluding hydrogens is 334 g/mol. The fourth-order valence-electron chi connectivity index (χ4n) is 2.20. The van der Waals surface area contributed by atoms with Crippen LogP contribution in [0.1, 0.15) is 26.3 Å². The summed E-state index contributed by atoms with van der Waals surface area (Å²) in [6.07, 6.45) is 1.75. The molecule has 0 atom stereocenters. The van der Waals surface area contributed by atoms with Gasteiger partial charge in [0, 0.05) is 18.9 Å². The molecule has 1 N–H and O–H groups in total. The number of pyridine rings is 1. The van der Waals surface area contributed by atoms with Crippen LogP contribution in [-0.2, 0) is 0 Å². The van der Waals surface area contributed by atoms with Gasteiger partial charge in [-0.25, -0.2) is 4.98 Å². The number of aryl methyl sites for hydroxylation is 1. The normalized spacial score (nSPS) is 13.6. The largest absolute Gasteiger partial charge is 0.339 e. The van der Waals surface area contributed by atoms with Gasteiger partial charge in [-0.05, 0) is 52.7 Å². The molecule has 21 heavy (non-hydrogen) atoms. The minimum atomic E-state index is -0.283. The molecule has 0 radical (unpaired) electrons. The topological polar surface area (TPSA) is 62.3 Å². The lowest BCUT2D eigenvalue weighted by Gasteiger charge is -2.08. The number of carbonyl (C=O) groups excluding carboxylic acids is 2. The molecule has 106 valence electrons. The lowest BCUT2D eigenvalue weighted by Crippen LogP contribution is -2.24. The Bertz CT molecular complexity index is 774. The summed E-state index contributed by atoms with van der Waals surface area (Å²) >= 11 is 3.44. The van der Waals surface area contributed by atoms with E-state index in [1.54, 1.807) is 24.4 Å². The Balaban J connectivity index is 1.95. The van der Waals surface area contributed by atoms with Gasteiger partial charge in [-0.15, -0.1) is 0 Å². The highest BCUT2D eigenvalue weighted by molar-refractivity contribution is 9.10. The summed E-state index contributed by atoms with van der Waals surface area (Å²) in [5.41, 5.74) is 2.60. The van der Waals surface area contributed by atoms with Crippen molar-refractivity contribution in [2.45, 2.75) is 6.92 Å². The summed E-state index contributed by atoms with van der Waals surface area (Å²) in [5, 5.41) is 3.14. The number of hydrogen-bond donors (Lipinski definition) is 1. The zero-order chi connectivity index (χ0) is 15.1. The number of carbonyl (C=O) groups is 2. The molecular formula is C15H12BrN3O2. The first-order chi connectivity index (χ1) is 9.97. The third-order valence-corrected chi connectivity index (χ3v) is 3.93. The minimum absolute atomic E-state index is 0.267.